The Morgan fingerprint density at radius 2 is 2.36 bits per heavy atom. The van der Waals surface area contributed by atoms with Crippen LogP contribution in [0, 0.1) is 6.92 Å². The third kappa shape index (κ3) is 1.38. The van der Waals surface area contributed by atoms with Gasteiger partial charge in [-0.2, -0.15) is 0 Å². The zero-order valence-corrected chi connectivity index (χ0v) is 7.90. The van der Waals surface area contributed by atoms with E-state index in [0.29, 0.717) is 5.58 Å². The van der Waals surface area contributed by atoms with Crippen LogP contribution < -0.4 is 5.73 Å². The first-order valence-corrected chi connectivity index (χ1v) is 4.46. The second-order valence-electron chi connectivity index (χ2n) is 3.23. The predicted molar refractivity (Wildman–Crippen MR) is 52.8 cm³/mol. The van der Waals surface area contributed by atoms with Gasteiger partial charge >= 0.3 is 0 Å². The molecule has 0 fully saturated rings. The molecular weight excluding hydrogens is 180 g/mol. The van der Waals surface area contributed by atoms with E-state index in [0.717, 1.165) is 11.1 Å². The number of nitrogens with zero attached hydrogens (tertiary/aromatic N) is 1. The largest absolute Gasteiger partial charge is 0.438 e. The standard InChI is InChI=1S/C10H12N2O2/c1-6-3-2-4-8-9(6)12-10(14-8)7(13)5-11/h2-4,7,13H,5,11H2,1H3. The summed E-state index contributed by atoms with van der Waals surface area (Å²) < 4.78 is 5.36. The molecule has 0 saturated carbocycles. The first kappa shape index (κ1) is 9.18. The van der Waals surface area contributed by atoms with Crippen LogP contribution in [0.1, 0.15) is 17.6 Å². The second-order valence-corrected chi connectivity index (χ2v) is 3.23. The normalized spacial score (nSPS) is 13.4. The highest BCUT2D eigenvalue weighted by atomic mass is 16.4. The lowest BCUT2D eigenvalue weighted by atomic mass is 10.2. The molecule has 1 heterocycles. The lowest BCUT2D eigenvalue weighted by Crippen LogP contribution is -2.11. The van der Waals surface area contributed by atoms with Crippen molar-refractivity contribution in [3.8, 4) is 0 Å². The Balaban J connectivity index is 2.56. The molecule has 2 aromatic rings. The molecule has 0 bridgehead atoms. The van der Waals surface area contributed by atoms with Crippen LogP contribution in [0.15, 0.2) is 22.6 Å². The van der Waals surface area contributed by atoms with E-state index in [4.69, 9.17) is 10.2 Å². The van der Waals surface area contributed by atoms with Crippen molar-refractivity contribution < 1.29 is 9.52 Å². The summed E-state index contributed by atoms with van der Waals surface area (Å²) in [5.74, 6) is 0.289. The van der Waals surface area contributed by atoms with Crippen molar-refractivity contribution in [2.75, 3.05) is 6.54 Å². The average Bonchev–Trinajstić information content (AvgIpc) is 2.62. The number of oxazole rings is 1. The van der Waals surface area contributed by atoms with Crippen molar-refractivity contribution in [1.29, 1.82) is 0 Å². The van der Waals surface area contributed by atoms with Crippen LogP contribution in [-0.2, 0) is 0 Å². The topological polar surface area (TPSA) is 72.3 Å². The molecule has 3 N–H and O–H groups in total. The Hall–Kier alpha value is -1.39. The minimum atomic E-state index is -0.818. The lowest BCUT2D eigenvalue weighted by molar-refractivity contribution is 0.154. The van der Waals surface area contributed by atoms with E-state index >= 15 is 0 Å². The van der Waals surface area contributed by atoms with Gasteiger partial charge in [0, 0.05) is 6.54 Å². The van der Waals surface area contributed by atoms with E-state index in [-0.39, 0.29) is 12.4 Å². The van der Waals surface area contributed by atoms with Gasteiger partial charge in [0.1, 0.15) is 11.6 Å². The molecule has 0 spiro atoms. The van der Waals surface area contributed by atoms with Gasteiger partial charge in [-0.3, -0.25) is 0 Å². The van der Waals surface area contributed by atoms with Crippen molar-refractivity contribution >= 4 is 11.1 Å². The number of nitrogens with two attached hydrogens (primary N) is 1. The van der Waals surface area contributed by atoms with Gasteiger partial charge in [0.25, 0.3) is 0 Å². The van der Waals surface area contributed by atoms with Gasteiger partial charge in [0.15, 0.2) is 5.58 Å². The summed E-state index contributed by atoms with van der Waals surface area (Å²) in [6.45, 7) is 2.06. The van der Waals surface area contributed by atoms with E-state index in [2.05, 4.69) is 4.98 Å². The molecule has 0 aliphatic heterocycles. The third-order valence-corrected chi connectivity index (χ3v) is 2.15. The van der Waals surface area contributed by atoms with E-state index in [9.17, 15) is 5.11 Å². The molecule has 1 aromatic carbocycles. The van der Waals surface area contributed by atoms with Crippen LogP contribution in [0.5, 0.6) is 0 Å². The van der Waals surface area contributed by atoms with Crippen molar-refractivity contribution in [2.24, 2.45) is 5.73 Å². The molecule has 14 heavy (non-hydrogen) atoms. The molecule has 1 unspecified atom stereocenters. The van der Waals surface area contributed by atoms with Crippen molar-refractivity contribution in [3.05, 3.63) is 29.7 Å². The molecule has 0 saturated heterocycles. The van der Waals surface area contributed by atoms with Crippen LogP contribution in [0.4, 0.5) is 0 Å². The summed E-state index contributed by atoms with van der Waals surface area (Å²) in [6.07, 6.45) is -0.818. The first-order chi connectivity index (χ1) is 6.72. The quantitative estimate of drug-likeness (QED) is 0.748. The van der Waals surface area contributed by atoms with Crippen molar-refractivity contribution in [3.63, 3.8) is 0 Å². The summed E-state index contributed by atoms with van der Waals surface area (Å²) in [4.78, 5) is 4.19. The Kier molecular flexibility index (Phi) is 2.23. The Bertz CT molecular complexity index is 450. The van der Waals surface area contributed by atoms with E-state index in [1.165, 1.54) is 0 Å². The van der Waals surface area contributed by atoms with Gasteiger partial charge in [-0.15, -0.1) is 0 Å². The first-order valence-electron chi connectivity index (χ1n) is 4.46. The predicted octanol–water partition coefficient (Wildman–Crippen LogP) is 1.13. The van der Waals surface area contributed by atoms with Gasteiger partial charge in [-0.25, -0.2) is 4.98 Å². The fraction of sp³-hybridized carbons (Fsp3) is 0.300. The van der Waals surface area contributed by atoms with E-state index < -0.39 is 6.10 Å². The van der Waals surface area contributed by atoms with Crippen LogP contribution in [0.2, 0.25) is 0 Å². The Labute approximate surface area is 81.4 Å². The molecule has 74 valence electrons. The number of benzene rings is 1. The maximum atomic E-state index is 9.44. The molecular formula is C10H12N2O2. The number of hydrogen-bond acceptors (Lipinski definition) is 4. The minimum absolute atomic E-state index is 0.117. The van der Waals surface area contributed by atoms with Gasteiger partial charge in [0.2, 0.25) is 5.89 Å². The Morgan fingerprint density at radius 3 is 3.00 bits per heavy atom. The molecule has 4 heteroatoms. The third-order valence-electron chi connectivity index (χ3n) is 2.15. The van der Waals surface area contributed by atoms with E-state index in [1.54, 1.807) is 0 Å². The highest BCUT2D eigenvalue weighted by Crippen LogP contribution is 2.21. The molecule has 2 rings (SSSR count). The summed E-state index contributed by atoms with van der Waals surface area (Å²) in [5, 5.41) is 9.44. The average molecular weight is 192 g/mol. The maximum Gasteiger partial charge on any atom is 0.225 e. The number of aryl methyl sites for hydroxylation is 1. The SMILES string of the molecule is Cc1cccc2oc(C(O)CN)nc12. The number of hydrogen-bond donors (Lipinski definition) is 2. The monoisotopic (exact) mass is 192 g/mol. The van der Waals surface area contributed by atoms with Gasteiger partial charge in [-0.1, -0.05) is 12.1 Å². The number of fused-ring (bicyclic) bond motifs is 1. The fourth-order valence-corrected chi connectivity index (χ4v) is 1.35. The van der Waals surface area contributed by atoms with Crippen LogP contribution in [-0.4, -0.2) is 16.6 Å². The number of para-hydroxylation sites is 1. The summed E-state index contributed by atoms with van der Waals surface area (Å²) in [5.41, 5.74) is 7.82. The maximum absolute atomic E-state index is 9.44. The number of aromatic nitrogens is 1. The fourth-order valence-electron chi connectivity index (χ4n) is 1.35. The molecule has 1 atom stereocenters. The van der Waals surface area contributed by atoms with Crippen LogP contribution >= 0.6 is 0 Å². The molecule has 0 aliphatic rings. The zero-order chi connectivity index (χ0) is 10.1. The summed E-state index contributed by atoms with van der Waals surface area (Å²) >= 11 is 0. The van der Waals surface area contributed by atoms with Crippen LogP contribution in [0.3, 0.4) is 0 Å². The van der Waals surface area contributed by atoms with Crippen LogP contribution in [0.25, 0.3) is 11.1 Å². The number of aliphatic hydroxyl groups is 1. The molecule has 4 nitrogen and oxygen atoms in total. The van der Waals surface area contributed by atoms with Crippen molar-refractivity contribution in [1.82, 2.24) is 4.98 Å². The minimum Gasteiger partial charge on any atom is -0.438 e. The molecule has 0 aliphatic carbocycles. The zero-order valence-electron chi connectivity index (χ0n) is 7.90. The Morgan fingerprint density at radius 1 is 1.57 bits per heavy atom. The lowest BCUT2D eigenvalue weighted by Gasteiger charge is -1.99. The van der Waals surface area contributed by atoms with Gasteiger partial charge in [-0.05, 0) is 18.6 Å². The van der Waals surface area contributed by atoms with Gasteiger partial charge < -0.3 is 15.3 Å². The molecule has 0 radical (unpaired) electrons. The molecule has 0 amide bonds. The molecule has 1 aromatic heterocycles. The smallest absolute Gasteiger partial charge is 0.225 e. The summed E-state index contributed by atoms with van der Waals surface area (Å²) in [7, 11) is 0. The number of aliphatic hydroxyl groups excluding tert-OH is 1. The summed E-state index contributed by atoms with van der Waals surface area (Å²) in [6, 6.07) is 5.66. The van der Waals surface area contributed by atoms with E-state index in [1.807, 2.05) is 25.1 Å². The van der Waals surface area contributed by atoms with Crippen molar-refractivity contribution in [2.45, 2.75) is 13.0 Å². The highest BCUT2D eigenvalue weighted by molar-refractivity contribution is 5.76. The second kappa shape index (κ2) is 3.40. The van der Waals surface area contributed by atoms with Gasteiger partial charge in [0.05, 0.1) is 0 Å². The number of rotatable bonds is 2. The highest BCUT2D eigenvalue weighted by Gasteiger charge is 2.13.